The topological polar surface area (TPSA) is 64.0 Å². The van der Waals surface area contributed by atoms with E-state index in [1.807, 2.05) is 6.92 Å². The van der Waals surface area contributed by atoms with Gasteiger partial charge >= 0.3 is 0 Å². The van der Waals surface area contributed by atoms with Crippen LogP contribution < -0.4 is 5.32 Å². The minimum absolute atomic E-state index is 0.111. The first kappa shape index (κ1) is 16.3. The van der Waals surface area contributed by atoms with E-state index in [0.29, 0.717) is 18.1 Å². The molecule has 0 bridgehead atoms. The number of hydrogen-bond donors (Lipinski definition) is 1. The normalized spacial score (nSPS) is 25.1. The second-order valence-electron chi connectivity index (χ2n) is 6.64. The third-order valence-electron chi connectivity index (χ3n) is 4.91. The maximum atomic E-state index is 11.6. The van der Waals surface area contributed by atoms with Crippen molar-refractivity contribution in [3.05, 3.63) is 16.4 Å². The van der Waals surface area contributed by atoms with Crippen LogP contribution in [0.1, 0.15) is 49.4 Å². The Morgan fingerprint density at radius 3 is 2.68 bits per heavy atom. The lowest BCUT2D eigenvalue weighted by Crippen LogP contribution is -2.21. The second kappa shape index (κ2) is 6.49. The van der Waals surface area contributed by atoms with E-state index in [9.17, 15) is 8.42 Å². The summed E-state index contributed by atoms with van der Waals surface area (Å²) in [7, 11) is -2.93. The second-order valence-corrected chi connectivity index (χ2v) is 9.22. The summed E-state index contributed by atoms with van der Waals surface area (Å²) >= 11 is 6.46. The monoisotopic (exact) mass is 345 g/mol. The van der Waals surface area contributed by atoms with Gasteiger partial charge in [0, 0.05) is 12.1 Å². The van der Waals surface area contributed by atoms with Crippen molar-refractivity contribution in [1.82, 2.24) is 15.1 Å². The quantitative estimate of drug-likeness (QED) is 0.890. The summed E-state index contributed by atoms with van der Waals surface area (Å²) in [6, 6.07) is -0.111. The van der Waals surface area contributed by atoms with Gasteiger partial charge in [-0.3, -0.25) is 0 Å². The highest BCUT2D eigenvalue weighted by atomic mass is 35.5. The molecule has 1 aromatic rings. The predicted octanol–water partition coefficient (Wildman–Crippen LogP) is 2.48. The molecule has 7 heteroatoms. The highest BCUT2D eigenvalue weighted by Crippen LogP contribution is 2.30. The maximum Gasteiger partial charge on any atom is 0.152 e. The lowest BCUT2D eigenvalue weighted by Gasteiger charge is -2.11. The molecule has 2 heterocycles. The van der Waals surface area contributed by atoms with Gasteiger partial charge in [-0.1, -0.05) is 24.4 Å². The lowest BCUT2D eigenvalue weighted by molar-refractivity contribution is 0.487. The van der Waals surface area contributed by atoms with Crippen molar-refractivity contribution in [3.8, 4) is 0 Å². The Hall–Kier alpha value is -0.590. The largest absolute Gasteiger partial charge is 0.312 e. The maximum absolute atomic E-state index is 11.6. The molecule has 2 aliphatic rings. The molecule has 5 nitrogen and oxygen atoms in total. The van der Waals surface area contributed by atoms with Crippen LogP contribution in [0.2, 0.25) is 5.15 Å². The van der Waals surface area contributed by atoms with Crippen molar-refractivity contribution >= 4 is 21.4 Å². The van der Waals surface area contributed by atoms with E-state index < -0.39 is 9.84 Å². The average Bonchev–Trinajstić information content (AvgIpc) is 3.14. The lowest BCUT2D eigenvalue weighted by atomic mass is 10.1. The van der Waals surface area contributed by atoms with Crippen molar-refractivity contribution in [2.24, 2.45) is 5.92 Å². The van der Waals surface area contributed by atoms with E-state index in [-0.39, 0.29) is 17.5 Å². The third-order valence-corrected chi connectivity index (χ3v) is 7.06. The highest BCUT2D eigenvalue weighted by molar-refractivity contribution is 7.91. The molecule has 0 radical (unpaired) electrons. The summed E-state index contributed by atoms with van der Waals surface area (Å²) < 4.78 is 25.0. The van der Waals surface area contributed by atoms with E-state index in [2.05, 4.69) is 10.4 Å². The Bertz CT molecular complexity index is 635. The minimum Gasteiger partial charge on any atom is -0.312 e. The zero-order valence-corrected chi connectivity index (χ0v) is 14.6. The zero-order chi connectivity index (χ0) is 15.7. The molecule has 1 aliphatic heterocycles. The van der Waals surface area contributed by atoms with Crippen LogP contribution in [0.4, 0.5) is 0 Å². The van der Waals surface area contributed by atoms with Crippen LogP contribution in [0, 0.1) is 12.8 Å². The standard InChI is InChI=1S/C15H24ClN3O2S/c1-11-14(9-17-8-12-4-2-3-5-12)15(16)19(18-11)13-6-7-22(20,21)10-13/h12-13,17H,2-10H2,1H3/t13-/m0/s1. The Morgan fingerprint density at radius 2 is 2.05 bits per heavy atom. The first-order valence-electron chi connectivity index (χ1n) is 8.11. The van der Waals surface area contributed by atoms with E-state index in [0.717, 1.165) is 23.7 Å². The third kappa shape index (κ3) is 3.49. The van der Waals surface area contributed by atoms with Gasteiger partial charge in [-0.2, -0.15) is 5.10 Å². The summed E-state index contributed by atoms with van der Waals surface area (Å²) in [5, 5.41) is 8.57. The van der Waals surface area contributed by atoms with Crippen LogP contribution in [-0.2, 0) is 16.4 Å². The number of rotatable bonds is 5. The number of hydrogen-bond acceptors (Lipinski definition) is 4. The molecule has 0 amide bonds. The van der Waals surface area contributed by atoms with Gasteiger partial charge in [0.25, 0.3) is 0 Å². The molecule has 1 aliphatic carbocycles. The first-order chi connectivity index (χ1) is 10.5. The fourth-order valence-corrected chi connectivity index (χ4v) is 5.65. The van der Waals surface area contributed by atoms with E-state index in [1.165, 1.54) is 25.7 Å². The van der Waals surface area contributed by atoms with Crippen molar-refractivity contribution < 1.29 is 8.42 Å². The number of halogens is 1. The summed E-state index contributed by atoms with van der Waals surface area (Å²) in [6.07, 6.45) is 5.94. The van der Waals surface area contributed by atoms with Crippen molar-refractivity contribution in [1.29, 1.82) is 0 Å². The van der Waals surface area contributed by atoms with Crippen LogP contribution in [0.3, 0.4) is 0 Å². The number of aromatic nitrogens is 2. The summed E-state index contributed by atoms with van der Waals surface area (Å²) in [5.41, 5.74) is 1.90. The number of aryl methyl sites for hydroxylation is 1. The Morgan fingerprint density at radius 1 is 1.32 bits per heavy atom. The van der Waals surface area contributed by atoms with Crippen LogP contribution in [-0.4, -0.2) is 36.2 Å². The molecule has 1 saturated carbocycles. The molecule has 1 N–H and O–H groups in total. The Balaban J connectivity index is 1.65. The van der Waals surface area contributed by atoms with Gasteiger partial charge in [0.05, 0.1) is 23.2 Å². The molecular formula is C15H24ClN3O2S. The summed E-state index contributed by atoms with van der Waals surface area (Å²) in [6.45, 7) is 3.68. The minimum atomic E-state index is -2.93. The van der Waals surface area contributed by atoms with Crippen LogP contribution in [0.15, 0.2) is 0 Å². The van der Waals surface area contributed by atoms with Crippen LogP contribution in [0.25, 0.3) is 0 Å². The first-order valence-corrected chi connectivity index (χ1v) is 10.3. The molecule has 0 spiro atoms. The molecular weight excluding hydrogens is 322 g/mol. The van der Waals surface area contributed by atoms with Crippen molar-refractivity contribution in [2.45, 2.75) is 51.6 Å². The number of nitrogens with zero attached hydrogens (tertiary/aromatic N) is 2. The molecule has 0 aromatic carbocycles. The predicted molar refractivity (Wildman–Crippen MR) is 87.9 cm³/mol. The Kier molecular flexibility index (Phi) is 4.80. The Labute approximate surface area is 137 Å². The van der Waals surface area contributed by atoms with Crippen molar-refractivity contribution in [2.75, 3.05) is 18.1 Å². The van der Waals surface area contributed by atoms with Crippen LogP contribution in [0.5, 0.6) is 0 Å². The van der Waals surface area contributed by atoms with Gasteiger partial charge in [0.2, 0.25) is 0 Å². The molecule has 2 fully saturated rings. The molecule has 3 rings (SSSR count). The van der Waals surface area contributed by atoms with E-state index in [4.69, 9.17) is 11.6 Å². The molecule has 1 aromatic heterocycles. The van der Waals surface area contributed by atoms with Crippen molar-refractivity contribution in [3.63, 3.8) is 0 Å². The van der Waals surface area contributed by atoms with Gasteiger partial charge in [-0.25, -0.2) is 13.1 Å². The molecule has 124 valence electrons. The van der Waals surface area contributed by atoms with E-state index >= 15 is 0 Å². The average molecular weight is 346 g/mol. The molecule has 1 saturated heterocycles. The zero-order valence-electron chi connectivity index (χ0n) is 13.0. The number of sulfone groups is 1. The SMILES string of the molecule is Cc1nn([C@H]2CCS(=O)(=O)C2)c(Cl)c1CNCC1CCCC1. The smallest absolute Gasteiger partial charge is 0.152 e. The fourth-order valence-electron chi connectivity index (χ4n) is 3.58. The van der Waals surface area contributed by atoms with Gasteiger partial charge in [-0.05, 0) is 38.6 Å². The van der Waals surface area contributed by atoms with Gasteiger partial charge in [0.1, 0.15) is 5.15 Å². The molecule has 1 atom stereocenters. The highest BCUT2D eigenvalue weighted by Gasteiger charge is 2.32. The van der Waals surface area contributed by atoms with Crippen LogP contribution >= 0.6 is 11.6 Å². The summed E-state index contributed by atoms with van der Waals surface area (Å²) in [5.74, 6) is 1.18. The van der Waals surface area contributed by atoms with Gasteiger partial charge < -0.3 is 5.32 Å². The summed E-state index contributed by atoms with van der Waals surface area (Å²) in [4.78, 5) is 0. The molecule has 0 unspecified atom stereocenters. The fraction of sp³-hybridized carbons (Fsp3) is 0.800. The van der Waals surface area contributed by atoms with Gasteiger partial charge in [0.15, 0.2) is 9.84 Å². The van der Waals surface area contributed by atoms with E-state index in [1.54, 1.807) is 4.68 Å². The molecule has 22 heavy (non-hydrogen) atoms. The van der Waals surface area contributed by atoms with Gasteiger partial charge in [-0.15, -0.1) is 0 Å². The number of nitrogens with one attached hydrogen (secondary N) is 1.